The van der Waals surface area contributed by atoms with Gasteiger partial charge in [0.1, 0.15) is 0 Å². The van der Waals surface area contributed by atoms with E-state index in [0.717, 1.165) is 56.1 Å². The largest absolute Gasteiger partial charge is 0.416 e. The number of thiophene rings is 1. The van der Waals surface area contributed by atoms with Crippen molar-refractivity contribution in [2.75, 3.05) is 0 Å². The Labute approximate surface area is 388 Å². The van der Waals surface area contributed by atoms with Crippen molar-refractivity contribution in [3.05, 3.63) is 129 Å². The van der Waals surface area contributed by atoms with E-state index < -0.39 is 11.7 Å². The minimum absolute atomic E-state index is 0. The number of alkyl halides is 5. The van der Waals surface area contributed by atoms with E-state index >= 15 is 0 Å². The summed E-state index contributed by atoms with van der Waals surface area (Å²) in [4.78, 5) is 1.47. The molecule has 0 nitrogen and oxygen atoms in total. The normalized spacial score (nSPS) is 22.3. The van der Waals surface area contributed by atoms with Gasteiger partial charge >= 0.3 is 6.18 Å². The van der Waals surface area contributed by atoms with Crippen molar-refractivity contribution in [1.29, 1.82) is 0 Å². The van der Waals surface area contributed by atoms with Gasteiger partial charge in [-0.25, -0.2) is 6.07 Å². The molecule has 2 aliphatic rings. The van der Waals surface area contributed by atoms with Crippen molar-refractivity contribution in [2.24, 2.45) is 23.7 Å². The van der Waals surface area contributed by atoms with Crippen LogP contribution in [0.1, 0.15) is 117 Å². The molecular weight excluding hydrogens is 890 g/mol. The molecule has 2 aliphatic carbocycles. The molecule has 0 bridgehead atoms. The zero-order valence-electron chi connectivity index (χ0n) is 32.0. The summed E-state index contributed by atoms with van der Waals surface area (Å²) in [5.41, 5.74) is 4.42. The van der Waals surface area contributed by atoms with E-state index in [1.54, 1.807) is 17.4 Å². The van der Waals surface area contributed by atoms with Gasteiger partial charge in [0.25, 0.3) is 0 Å². The van der Waals surface area contributed by atoms with E-state index in [2.05, 4.69) is 61.7 Å². The summed E-state index contributed by atoms with van der Waals surface area (Å²) in [5, 5.41) is 3.72. The Balaban J connectivity index is 0.000000281. The van der Waals surface area contributed by atoms with Crippen LogP contribution in [0.5, 0.6) is 0 Å². The van der Waals surface area contributed by atoms with Crippen LogP contribution in [0.3, 0.4) is 0 Å². The number of benzene rings is 3. The third-order valence-corrected chi connectivity index (χ3v) is 13.4. The minimum Gasteiger partial charge on any atom is -0.300 e. The van der Waals surface area contributed by atoms with Gasteiger partial charge in [-0.05, 0) is 104 Å². The monoisotopic (exact) mass is 944 g/mol. The van der Waals surface area contributed by atoms with Gasteiger partial charge in [-0.1, -0.05) is 94.8 Å². The Bertz CT molecular complexity index is 1600. The van der Waals surface area contributed by atoms with E-state index in [0.29, 0.717) is 35.5 Å². The maximum atomic E-state index is 12.9. The molecule has 1 heterocycles. The number of halogens is 5. The van der Waals surface area contributed by atoms with Gasteiger partial charge < -0.3 is 11.3 Å². The van der Waals surface area contributed by atoms with Gasteiger partial charge in [-0.3, -0.25) is 0 Å². The number of aryl methyl sites for hydroxylation is 4. The van der Waals surface area contributed by atoms with Crippen molar-refractivity contribution in [2.45, 2.75) is 127 Å². The summed E-state index contributed by atoms with van der Waals surface area (Å²) >= 11 is 15.0. The molecule has 2 unspecified atom stereocenters. The van der Waals surface area contributed by atoms with Crippen molar-refractivity contribution < 1.29 is 78.6 Å². The van der Waals surface area contributed by atoms with Gasteiger partial charge in [0.15, 0.2) is 0 Å². The smallest absolute Gasteiger partial charge is 0.300 e. The molecule has 0 spiro atoms. The van der Waals surface area contributed by atoms with E-state index in [9.17, 15) is 13.2 Å². The third kappa shape index (κ3) is 15.6. The van der Waals surface area contributed by atoms with E-state index in [1.807, 2.05) is 24.3 Å². The van der Waals surface area contributed by atoms with Gasteiger partial charge in [-0.2, -0.15) is 55.1 Å². The van der Waals surface area contributed by atoms with Gasteiger partial charge in [0.2, 0.25) is 0 Å². The molecule has 0 aliphatic heterocycles. The van der Waals surface area contributed by atoms with Crippen molar-refractivity contribution in [3.8, 4) is 0 Å². The van der Waals surface area contributed by atoms with E-state index in [-0.39, 0.29) is 70.8 Å². The minimum atomic E-state index is -4.28. The first-order valence-corrected chi connectivity index (χ1v) is 21.2. The average molecular weight is 946 g/mol. The van der Waals surface area contributed by atoms with Crippen LogP contribution in [0.4, 0.5) is 13.2 Å². The van der Waals surface area contributed by atoms with Crippen molar-refractivity contribution in [1.82, 2.24) is 0 Å². The molecular formula is C46H55Cl2F3SY2-2. The Morgan fingerprint density at radius 3 is 1.83 bits per heavy atom. The average Bonchev–Trinajstić information content (AvgIpc) is 3.88. The summed E-state index contributed by atoms with van der Waals surface area (Å²) in [6.45, 7) is 4.54. The second-order valence-electron chi connectivity index (χ2n) is 15.4. The first-order valence-electron chi connectivity index (χ1n) is 19.5. The zero-order valence-corrected chi connectivity index (χ0v) is 40.0. The maximum absolute atomic E-state index is 12.9. The SMILES string of the molecule is CC(C)c1cccc(CC[C@H]2C(Cl)CC[C@@H]2CCCc2cc[c-]s2)c1.FC(F)(F)c1cccc(CC[C@H]2C(Cl)CC[C@@H]2CCCc2c[c-]ccc2)c1.[Y].[Y]. The number of rotatable bonds is 15. The predicted molar refractivity (Wildman–Crippen MR) is 215 cm³/mol. The molecule has 6 atom stereocenters. The van der Waals surface area contributed by atoms with Crippen LogP contribution >= 0.6 is 34.5 Å². The van der Waals surface area contributed by atoms with E-state index in [4.69, 9.17) is 23.2 Å². The number of hydrogen-bond donors (Lipinski definition) is 0. The second-order valence-corrected chi connectivity index (χ2v) is 17.5. The van der Waals surface area contributed by atoms with Crippen molar-refractivity contribution >= 4 is 34.5 Å². The van der Waals surface area contributed by atoms with Crippen LogP contribution < -0.4 is 0 Å². The molecule has 0 N–H and O–H groups in total. The van der Waals surface area contributed by atoms with Crippen LogP contribution in [-0.4, -0.2) is 10.8 Å². The van der Waals surface area contributed by atoms with Gasteiger partial charge in [0.05, 0.1) is 5.56 Å². The molecule has 0 amide bonds. The first kappa shape index (κ1) is 48.3. The fourth-order valence-electron chi connectivity index (χ4n) is 8.52. The number of hydrogen-bond acceptors (Lipinski definition) is 1. The molecule has 54 heavy (non-hydrogen) atoms. The Morgan fingerprint density at radius 2 is 1.28 bits per heavy atom. The molecule has 2 saturated carbocycles. The van der Waals surface area contributed by atoms with Crippen LogP contribution in [-0.2, 0) is 97.3 Å². The topological polar surface area (TPSA) is 0 Å². The van der Waals surface area contributed by atoms with Crippen molar-refractivity contribution in [3.63, 3.8) is 0 Å². The summed E-state index contributed by atoms with van der Waals surface area (Å²) < 4.78 is 38.7. The predicted octanol–water partition coefficient (Wildman–Crippen LogP) is 14.4. The summed E-state index contributed by atoms with van der Waals surface area (Å²) in [6.07, 6.45) is 11.4. The van der Waals surface area contributed by atoms with Crippen LogP contribution in [0.25, 0.3) is 0 Å². The van der Waals surface area contributed by atoms with Gasteiger partial charge in [0, 0.05) is 76.2 Å². The third-order valence-electron chi connectivity index (χ3n) is 11.5. The fourth-order valence-corrected chi connectivity index (χ4v) is 10.1. The first-order chi connectivity index (χ1) is 25.1. The molecule has 0 saturated heterocycles. The van der Waals surface area contributed by atoms with Crippen LogP contribution in [0.2, 0.25) is 0 Å². The molecule has 2 fully saturated rings. The molecule has 1 aromatic heterocycles. The molecule has 2 radical (unpaired) electrons. The summed E-state index contributed by atoms with van der Waals surface area (Å²) in [7, 11) is 0. The molecule has 4 aromatic rings. The molecule has 8 heteroatoms. The quantitative estimate of drug-likeness (QED) is 0.0823. The van der Waals surface area contributed by atoms with Crippen LogP contribution in [0, 0.1) is 35.1 Å². The molecule has 6 rings (SSSR count). The maximum Gasteiger partial charge on any atom is 0.416 e. The fraction of sp³-hybridized carbons (Fsp3) is 0.522. The Hall–Kier alpha value is -0.0622. The van der Waals surface area contributed by atoms with E-state index in [1.165, 1.54) is 78.6 Å². The summed E-state index contributed by atoms with van der Waals surface area (Å²) in [5.74, 6) is 3.09. The summed E-state index contributed by atoms with van der Waals surface area (Å²) in [6, 6.07) is 30.3. The standard InChI is InChI=1S/C23H25ClF3.C23H30ClS.2Y/c24-22-15-13-19(10-4-8-17-6-2-1-3-7-17)21(22)14-12-18-9-5-11-20(16-18)23(25,26)27;1-17(2)20-8-3-6-18(16-20)11-13-22-19(12-14-23(22)24)7-4-9-21-10-5-15-25-21;;/h1-2,5-7,9,11,16,19,21-22H,4,8,10,12-15H2;3,5-6,8,10,16-17,19,22-23H,4,7,9,11-14H2,1-2H3;;/q2*-1;;/t19-,21+,22?;19-,22+,23?;;/m00../s1. The molecule has 3 aromatic carbocycles. The zero-order chi connectivity index (χ0) is 36.9. The molecule has 288 valence electrons. The Morgan fingerprint density at radius 1 is 0.685 bits per heavy atom. The Kier molecular flexibility index (Phi) is 22.2. The van der Waals surface area contributed by atoms with Gasteiger partial charge in [-0.15, -0.1) is 33.5 Å². The second kappa shape index (κ2) is 24.8. The van der Waals surface area contributed by atoms with Crippen LogP contribution in [0.15, 0.2) is 84.9 Å².